The fourth-order valence-corrected chi connectivity index (χ4v) is 1.95. The summed E-state index contributed by atoms with van der Waals surface area (Å²) in [6.07, 6.45) is 3.64. The molecule has 110 valence electrons. The molecule has 0 bridgehead atoms. The highest BCUT2D eigenvalue weighted by atomic mass is 16.2. The number of hydrogen-bond acceptors (Lipinski definition) is 2. The molecule has 3 N–H and O–H groups in total. The Kier molecular flexibility index (Phi) is 3.84. The standard InChI is InChI=1S/C16H19N3O2/c1-16(2,3)19-9-8-11(10-19)15(21)18-13-7-5-4-6-12(13)14(17)20/h4-10H,1-3H3,(H2,17,20)(H,18,21). The zero-order chi connectivity index (χ0) is 15.6. The van der Waals surface area contributed by atoms with Crippen molar-refractivity contribution in [3.05, 3.63) is 53.9 Å². The first-order valence-corrected chi connectivity index (χ1v) is 6.67. The van der Waals surface area contributed by atoms with Gasteiger partial charge in [-0.15, -0.1) is 0 Å². The molecule has 2 aromatic rings. The van der Waals surface area contributed by atoms with Crippen LogP contribution in [0.3, 0.4) is 0 Å². The fourth-order valence-electron chi connectivity index (χ4n) is 1.95. The summed E-state index contributed by atoms with van der Waals surface area (Å²) < 4.78 is 1.96. The highest BCUT2D eigenvalue weighted by Gasteiger charge is 2.16. The van der Waals surface area contributed by atoms with Gasteiger partial charge in [-0.3, -0.25) is 9.59 Å². The van der Waals surface area contributed by atoms with Crippen LogP contribution in [0.1, 0.15) is 41.5 Å². The molecule has 0 spiro atoms. The first-order valence-electron chi connectivity index (χ1n) is 6.67. The van der Waals surface area contributed by atoms with Gasteiger partial charge in [-0.2, -0.15) is 0 Å². The van der Waals surface area contributed by atoms with Gasteiger partial charge < -0.3 is 15.6 Å². The number of hydrogen-bond donors (Lipinski definition) is 2. The number of amides is 2. The van der Waals surface area contributed by atoms with Crippen LogP contribution >= 0.6 is 0 Å². The van der Waals surface area contributed by atoms with E-state index >= 15 is 0 Å². The predicted octanol–water partition coefficient (Wildman–Crippen LogP) is 2.59. The van der Waals surface area contributed by atoms with E-state index in [1.165, 1.54) is 0 Å². The number of nitrogens with one attached hydrogen (secondary N) is 1. The molecule has 1 aromatic carbocycles. The van der Waals surface area contributed by atoms with Gasteiger partial charge in [0.25, 0.3) is 11.8 Å². The number of benzene rings is 1. The summed E-state index contributed by atoms with van der Waals surface area (Å²) in [5.41, 5.74) is 6.44. The number of anilines is 1. The van der Waals surface area contributed by atoms with E-state index in [0.29, 0.717) is 16.8 Å². The van der Waals surface area contributed by atoms with Gasteiger partial charge in [0.1, 0.15) is 0 Å². The zero-order valence-electron chi connectivity index (χ0n) is 12.4. The summed E-state index contributed by atoms with van der Waals surface area (Å²) in [6, 6.07) is 8.42. The summed E-state index contributed by atoms with van der Waals surface area (Å²) in [5, 5.41) is 2.72. The Morgan fingerprint density at radius 3 is 2.38 bits per heavy atom. The van der Waals surface area contributed by atoms with Gasteiger partial charge in [0.15, 0.2) is 0 Å². The first kappa shape index (κ1) is 14.8. The van der Waals surface area contributed by atoms with Crippen LogP contribution in [-0.4, -0.2) is 16.4 Å². The minimum Gasteiger partial charge on any atom is -0.366 e. The largest absolute Gasteiger partial charge is 0.366 e. The molecule has 0 aliphatic rings. The third-order valence-electron chi connectivity index (χ3n) is 3.17. The Bertz CT molecular complexity index is 681. The average Bonchev–Trinajstić information content (AvgIpc) is 2.88. The van der Waals surface area contributed by atoms with Gasteiger partial charge in [0, 0.05) is 17.9 Å². The van der Waals surface area contributed by atoms with Gasteiger partial charge in [0.05, 0.1) is 16.8 Å². The lowest BCUT2D eigenvalue weighted by molar-refractivity contribution is 0.100. The van der Waals surface area contributed by atoms with Crippen LogP contribution in [0.2, 0.25) is 0 Å². The molecule has 0 aliphatic carbocycles. The number of carbonyl (C=O) groups excluding carboxylic acids is 2. The summed E-state index contributed by atoms with van der Waals surface area (Å²) in [6.45, 7) is 6.16. The molecule has 0 unspecified atom stereocenters. The maximum atomic E-state index is 12.3. The van der Waals surface area contributed by atoms with E-state index in [0.717, 1.165) is 0 Å². The van der Waals surface area contributed by atoms with E-state index in [2.05, 4.69) is 26.1 Å². The first-order chi connectivity index (χ1) is 9.79. The third-order valence-corrected chi connectivity index (χ3v) is 3.17. The lowest BCUT2D eigenvalue weighted by Crippen LogP contribution is -2.20. The third kappa shape index (κ3) is 3.31. The van der Waals surface area contributed by atoms with E-state index in [9.17, 15) is 9.59 Å². The molecule has 0 aliphatic heterocycles. The molecule has 5 nitrogen and oxygen atoms in total. The topological polar surface area (TPSA) is 77.1 Å². The van der Waals surface area contributed by atoms with Crippen LogP contribution in [0, 0.1) is 0 Å². The Hall–Kier alpha value is -2.56. The number of nitrogens with two attached hydrogens (primary N) is 1. The summed E-state index contributed by atoms with van der Waals surface area (Å²) in [5.74, 6) is -0.843. The number of para-hydroxylation sites is 1. The molecule has 1 aromatic heterocycles. The van der Waals surface area contributed by atoms with Crippen molar-refractivity contribution in [2.24, 2.45) is 5.73 Å². The van der Waals surface area contributed by atoms with Gasteiger partial charge in [-0.1, -0.05) is 12.1 Å². The molecule has 2 amide bonds. The second-order valence-electron chi connectivity index (χ2n) is 5.84. The van der Waals surface area contributed by atoms with Crippen molar-refractivity contribution in [3.63, 3.8) is 0 Å². The molecular weight excluding hydrogens is 266 g/mol. The summed E-state index contributed by atoms with van der Waals surface area (Å²) in [4.78, 5) is 23.6. The Labute approximate surface area is 123 Å². The number of rotatable bonds is 3. The van der Waals surface area contributed by atoms with Gasteiger partial charge >= 0.3 is 0 Å². The highest BCUT2D eigenvalue weighted by Crippen LogP contribution is 2.18. The van der Waals surface area contributed by atoms with E-state index in [1.54, 1.807) is 36.5 Å². The van der Waals surface area contributed by atoms with E-state index in [-0.39, 0.29) is 11.4 Å². The van der Waals surface area contributed by atoms with Crippen molar-refractivity contribution in [1.29, 1.82) is 0 Å². The average molecular weight is 285 g/mol. The maximum absolute atomic E-state index is 12.3. The van der Waals surface area contributed by atoms with Gasteiger partial charge in [-0.05, 0) is 39.0 Å². The number of nitrogens with zero attached hydrogens (tertiary/aromatic N) is 1. The molecule has 21 heavy (non-hydrogen) atoms. The number of carbonyl (C=O) groups is 2. The lowest BCUT2D eigenvalue weighted by Gasteiger charge is -2.20. The molecule has 1 heterocycles. The molecule has 2 rings (SSSR count). The molecule has 0 radical (unpaired) electrons. The minimum atomic E-state index is -0.571. The Morgan fingerprint density at radius 1 is 1.14 bits per heavy atom. The van der Waals surface area contributed by atoms with Crippen molar-refractivity contribution in [1.82, 2.24) is 4.57 Å². The lowest BCUT2D eigenvalue weighted by atomic mass is 10.1. The predicted molar refractivity (Wildman–Crippen MR) is 82.3 cm³/mol. The summed E-state index contributed by atoms with van der Waals surface area (Å²) in [7, 11) is 0. The van der Waals surface area contributed by atoms with Crippen molar-refractivity contribution >= 4 is 17.5 Å². The normalized spacial score (nSPS) is 11.2. The van der Waals surface area contributed by atoms with E-state index in [1.807, 2.05) is 10.8 Å². The molecule has 0 atom stereocenters. The Morgan fingerprint density at radius 2 is 1.81 bits per heavy atom. The van der Waals surface area contributed by atoms with Crippen LogP contribution in [0.25, 0.3) is 0 Å². The zero-order valence-corrected chi connectivity index (χ0v) is 12.4. The molecule has 5 heteroatoms. The van der Waals surface area contributed by atoms with Gasteiger partial charge in [0.2, 0.25) is 0 Å². The van der Waals surface area contributed by atoms with Crippen LogP contribution in [-0.2, 0) is 5.54 Å². The van der Waals surface area contributed by atoms with Crippen molar-refractivity contribution in [3.8, 4) is 0 Å². The van der Waals surface area contributed by atoms with Crippen LogP contribution in [0.4, 0.5) is 5.69 Å². The quantitative estimate of drug-likeness (QED) is 0.909. The van der Waals surface area contributed by atoms with Crippen molar-refractivity contribution < 1.29 is 9.59 Å². The monoisotopic (exact) mass is 285 g/mol. The summed E-state index contributed by atoms with van der Waals surface area (Å²) >= 11 is 0. The number of primary amides is 1. The molecule has 0 saturated heterocycles. The second-order valence-corrected chi connectivity index (χ2v) is 5.84. The van der Waals surface area contributed by atoms with Crippen LogP contribution in [0.15, 0.2) is 42.7 Å². The second kappa shape index (κ2) is 5.44. The Balaban J connectivity index is 2.23. The van der Waals surface area contributed by atoms with E-state index in [4.69, 9.17) is 5.73 Å². The van der Waals surface area contributed by atoms with Crippen LogP contribution < -0.4 is 11.1 Å². The van der Waals surface area contributed by atoms with Crippen molar-refractivity contribution in [2.45, 2.75) is 26.3 Å². The molecular formula is C16H19N3O2. The smallest absolute Gasteiger partial charge is 0.257 e. The van der Waals surface area contributed by atoms with Crippen LogP contribution in [0.5, 0.6) is 0 Å². The SMILES string of the molecule is CC(C)(C)n1ccc(C(=O)Nc2ccccc2C(N)=O)c1. The highest BCUT2D eigenvalue weighted by molar-refractivity contribution is 6.08. The van der Waals surface area contributed by atoms with Gasteiger partial charge in [-0.25, -0.2) is 0 Å². The minimum absolute atomic E-state index is 0.0936. The number of aromatic nitrogens is 1. The van der Waals surface area contributed by atoms with E-state index < -0.39 is 5.91 Å². The fraction of sp³-hybridized carbons (Fsp3) is 0.250. The maximum Gasteiger partial charge on any atom is 0.257 e. The molecule has 0 fully saturated rings. The molecule has 0 saturated carbocycles. The van der Waals surface area contributed by atoms with Crippen molar-refractivity contribution in [2.75, 3.05) is 5.32 Å².